The molecular formula is C33H50N4O7. The Morgan fingerprint density at radius 3 is 2.20 bits per heavy atom. The van der Waals surface area contributed by atoms with Gasteiger partial charge in [0.05, 0.1) is 31.4 Å². The SMILES string of the molecule is CO[C@H](C[C@H](O)[C@@H](N)COCc1cccc(C(C)NC(=O)OC(C)(C)C)c1)C(=O)NC(C(=O)NCc1ccccc1)C(C)C. The minimum atomic E-state index is -1.10. The van der Waals surface area contributed by atoms with Gasteiger partial charge in [0.15, 0.2) is 0 Å². The predicted molar refractivity (Wildman–Crippen MR) is 168 cm³/mol. The average Bonchev–Trinajstić information content (AvgIpc) is 2.96. The minimum absolute atomic E-state index is 0.0334. The molecule has 0 saturated heterocycles. The lowest BCUT2D eigenvalue weighted by atomic mass is 10.0. The number of carbonyl (C=O) groups is 3. The van der Waals surface area contributed by atoms with Crippen molar-refractivity contribution in [2.24, 2.45) is 11.7 Å². The molecule has 0 saturated carbocycles. The second-order valence-corrected chi connectivity index (χ2v) is 12.3. The van der Waals surface area contributed by atoms with Gasteiger partial charge < -0.3 is 41.0 Å². The molecule has 0 aromatic heterocycles. The Balaban J connectivity index is 1.85. The van der Waals surface area contributed by atoms with Crippen molar-refractivity contribution < 1.29 is 33.7 Å². The summed E-state index contributed by atoms with van der Waals surface area (Å²) in [7, 11) is 1.37. The third-order valence-electron chi connectivity index (χ3n) is 6.85. The molecule has 0 heterocycles. The Kier molecular flexibility index (Phi) is 14.8. The summed E-state index contributed by atoms with van der Waals surface area (Å²) in [5, 5.41) is 19.1. The molecular weight excluding hydrogens is 564 g/mol. The Bertz CT molecular complexity index is 1190. The van der Waals surface area contributed by atoms with Gasteiger partial charge in [0.2, 0.25) is 11.8 Å². The molecule has 2 rings (SSSR count). The van der Waals surface area contributed by atoms with Crippen molar-refractivity contribution in [1.82, 2.24) is 16.0 Å². The highest BCUT2D eigenvalue weighted by Crippen LogP contribution is 2.17. The maximum absolute atomic E-state index is 13.0. The van der Waals surface area contributed by atoms with Gasteiger partial charge >= 0.3 is 6.09 Å². The highest BCUT2D eigenvalue weighted by atomic mass is 16.6. The lowest BCUT2D eigenvalue weighted by Gasteiger charge is -2.26. The van der Waals surface area contributed by atoms with Crippen molar-refractivity contribution in [3.63, 3.8) is 0 Å². The number of carbonyl (C=O) groups excluding carboxylic acids is 3. The molecule has 2 aromatic rings. The van der Waals surface area contributed by atoms with Crippen LogP contribution in [0.3, 0.4) is 0 Å². The number of nitrogens with two attached hydrogens (primary N) is 1. The summed E-state index contributed by atoms with van der Waals surface area (Å²) in [4.78, 5) is 38.0. The van der Waals surface area contributed by atoms with E-state index in [-0.39, 0.29) is 37.5 Å². The summed E-state index contributed by atoms with van der Waals surface area (Å²) in [5.41, 5.74) is 8.27. The molecule has 244 valence electrons. The first-order valence-corrected chi connectivity index (χ1v) is 14.9. The lowest BCUT2D eigenvalue weighted by Crippen LogP contribution is -2.53. The van der Waals surface area contributed by atoms with Crippen molar-refractivity contribution in [3.8, 4) is 0 Å². The average molecular weight is 615 g/mol. The van der Waals surface area contributed by atoms with Crippen molar-refractivity contribution in [1.29, 1.82) is 0 Å². The van der Waals surface area contributed by atoms with Crippen LogP contribution in [0.5, 0.6) is 0 Å². The van der Waals surface area contributed by atoms with Crippen LogP contribution in [0.25, 0.3) is 0 Å². The van der Waals surface area contributed by atoms with Gasteiger partial charge in [-0.3, -0.25) is 9.59 Å². The normalized spacial score (nSPS) is 15.0. The second kappa shape index (κ2) is 17.7. The van der Waals surface area contributed by atoms with Crippen LogP contribution in [0, 0.1) is 5.92 Å². The van der Waals surface area contributed by atoms with Crippen LogP contribution in [0.2, 0.25) is 0 Å². The molecule has 11 nitrogen and oxygen atoms in total. The summed E-state index contributed by atoms with van der Waals surface area (Å²) < 4.78 is 16.4. The minimum Gasteiger partial charge on any atom is -0.444 e. The molecule has 6 N–H and O–H groups in total. The molecule has 5 atom stereocenters. The van der Waals surface area contributed by atoms with E-state index in [1.807, 2.05) is 75.4 Å². The second-order valence-electron chi connectivity index (χ2n) is 12.3. The standard InChI is InChI=1S/C33H50N4O7/c1-21(2)29(31(40)35-18-23-12-9-8-10-13-23)37-30(39)28(42-7)17-27(38)26(34)20-43-19-24-14-11-15-25(16-24)22(3)36-32(41)44-33(4,5)6/h8-16,21-22,26-29,38H,17-20,34H2,1-7H3,(H,35,40)(H,36,41)(H,37,39)/t22?,26-,27-,28+,29?/m0/s1. The Hall–Kier alpha value is -3.51. The van der Waals surface area contributed by atoms with E-state index in [1.165, 1.54) is 7.11 Å². The fourth-order valence-corrected chi connectivity index (χ4v) is 4.32. The largest absolute Gasteiger partial charge is 0.444 e. The zero-order valence-electron chi connectivity index (χ0n) is 27.0. The van der Waals surface area contributed by atoms with Gasteiger partial charge in [-0.05, 0) is 50.3 Å². The molecule has 0 radical (unpaired) electrons. The molecule has 0 aliphatic rings. The Labute approximate surface area is 261 Å². The predicted octanol–water partition coefficient (Wildman–Crippen LogP) is 3.34. The smallest absolute Gasteiger partial charge is 0.408 e. The van der Waals surface area contributed by atoms with E-state index in [1.54, 1.807) is 20.8 Å². The number of hydrogen-bond acceptors (Lipinski definition) is 8. The van der Waals surface area contributed by atoms with Gasteiger partial charge in [-0.25, -0.2) is 4.79 Å². The first-order chi connectivity index (χ1) is 20.7. The van der Waals surface area contributed by atoms with Crippen molar-refractivity contribution in [3.05, 3.63) is 71.3 Å². The van der Waals surface area contributed by atoms with E-state index in [0.29, 0.717) is 6.54 Å². The van der Waals surface area contributed by atoms with Crippen LogP contribution in [-0.2, 0) is 37.0 Å². The van der Waals surface area contributed by atoms with Crippen LogP contribution >= 0.6 is 0 Å². The van der Waals surface area contributed by atoms with Gasteiger partial charge in [-0.15, -0.1) is 0 Å². The van der Waals surface area contributed by atoms with E-state index < -0.39 is 41.9 Å². The quantitative estimate of drug-likeness (QED) is 0.192. The maximum atomic E-state index is 13.0. The number of aliphatic hydroxyl groups excluding tert-OH is 1. The van der Waals surface area contributed by atoms with Crippen LogP contribution < -0.4 is 21.7 Å². The van der Waals surface area contributed by atoms with E-state index in [9.17, 15) is 19.5 Å². The van der Waals surface area contributed by atoms with Crippen LogP contribution in [-0.4, -0.2) is 66.6 Å². The van der Waals surface area contributed by atoms with Gasteiger partial charge in [-0.2, -0.15) is 0 Å². The number of hydrogen-bond donors (Lipinski definition) is 5. The van der Waals surface area contributed by atoms with Gasteiger partial charge in [0.25, 0.3) is 0 Å². The molecule has 0 spiro atoms. The van der Waals surface area contributed by atoms with Gasteiger partial charge in [0, 0.05) is 20.1 Å². The molecule has 0 bridgehead atoms. The summed E-state index contributed by atoms with van der Waals surface area (Å²) >= 11 is 0. The first-order valence-electron chi connectivity index (χ1n) is 14.9. The number of methoxy groups -OCH3 is 1. The lowest BCUT2D eigenvalue weighted by molar-refractivity contribution is -0.137. The monoisotopic (exact) mass is 614 g/mol. The van der Waals surface area contributed by atoms with Crippen molar-refractivity contribution in [2.75, 3.05) is 13.7 Å². The summed E-state index contributed by atoms with van der Waals surface area (Å²) in [6, 6.07) is 15.2. The highest BCUT2D eigenvalue weighted by Gasteiger charge is 2.30. The van der Waals surface area contributed by atoms with Crippen LogP contribution in [0.4, 0.5) is 4.79 Å². The Morgan fingerprint density at radius 1 is 0.932 bits per heavy atom. The molecule has 0 aliphatic carbocycles. The maximum Gasteiger partial charge on any atom is 0.408 e. The topological polar surface area (TPSA) is 161 Å². The van der Waals surface area contributed by atoms with Gasteiger partial charge in [0.1, 0.15) is 17.7 Å². The van der Waals surface area contributed by atoms with Crippen molar-refractivity contribution in [2.45, 2.75) is 97.0 Å². The van der Waals surface area contributed by atoms with E-state index in [0.717, 1.165) is 16.7 Å². The van der Waals surface area contributed by atoms with Crippen LogP contribution in [0.15, 0.2) is 54.6 Å². The zero-order chi connectivity index (χ0) is 32.9. The molecule has 44 heavy (non-hydrogen) atoms. The van der Waals surface area contributed by atoms with E-state index in [2.05, 4.69) is 16.0 Å². The van der Waals surface area contributed by atoms with Crippen molar-refractivity contribution >= 4 is 17.9 Å². The first kappa shape index (κ1) is 36.7. The highest BCUT2D eigenvalue weighted by molar-refractivity contribution is 5.89. The number of alkyl carbamates (subject to hydrolysis) is 1. The van der Waals surface area contributed by atoms with E-state index >= 15 is 0 Å². The third-order valence-corrected chi connectivity index (χ3v) is 6.85. The fourth-order valence-electron chi connectivity index (χ4n) is 4.32. The molecule has 2 aromatic carbocycles. The Morgan fingerprint density at radius 2 is 1.59 bits per heavy atom. The molecule has 0 fully saturated rings. The zero-order valence-corrected chi connectivity index (χ0v) is 27.0. The number of nitrogens with one attached hydrogen (secondary N) is 3. The number of benzene rings is 2. The summed E-state index contributed by atoms with van der Waals surface area (Å²) in [5.74, 6) is -1.00. The van der Waals surface area contributed by atoms with E-state index in [4.69, 9.17) is 19.9 Å². The summed E-state index contributed by atoms with van der Waals surface area (Å²) in [6.07, 6.45) is -2.69. The number of amides is 3. The van der Waals surface area contributed by atoms with Crippen LogP contribution in [0.1, 0.15) is 70.7 Å². The number of ether oxygens (including phenoxy) is 3. The number of aliphatic hydroxyl groups is 1. The molecule has 2 unspecified atom stereocenters. The molecule has 0 aliphatic heterocycles. The third kappa shape index (κ3) is 13.0. The fraction of sp³-hybridized carbons (Fsp3) is 0.545. The molecule has 11 heteroatoms. The van der Waals surface area contributed by atoms with Gasteiger partial charge in [-0.1, -0.05) is 68.4 Å². The summed E-state index contributed by atoms with van der Waals surface area (Å²) in [6.45, 7) is 11.6. The number of rotatable bonds is 16. The molecule has 3 amide bonds.